The fourth-order valence-electron chi connectivity index (χ4n) is 1.62. The van der Waals surface area contributed by atoms with Gasteiger partial charge < -0.3 is 5.73 Å². The summed E-state index contributed by atoms with van der Waals surface area (Å²) >= 11 is 5.32. The van der Waals surface area contributed by atoms with Gasteiger partial charge in [0.2, 0.25) is 0 Å². The number of anilines is 1. The summed E-state index contributed by atoms with van der Waals surface area (Å²) in [5, 5.41) is 0.396. The topological polar surface area (TPSA) is 26.0 Å². The average Bonchev–Trinajstić information content (AvgIpc) is 2.29. The van der Waals surface area contributed by atoms with Gasteiger partial charge in [-0.05, 0) is 42.8 Å². The van der Waals surface area contributed by atoms with Gasteiger partial charge in [0, 0.05) is 20.3 Å². The van der Waals surface area contributed by atoms with Crippen molar-refractivity contribution in [3.8, 4) is 0 Å². The van der Waals surface area contributed by atoms with Gasteiger partial charge in [-0.3, -0.25) is 0 Å². The quantitative estimate of drug-likeness (QED) is 0.645. The fourth-order valence-corrected chi connectivity index (χ4v) is 3.22. The molecule has 2 aromatic carbocycles. The third-order valence-corrected chi connectivity index (χ3v) is 4.13. The first-order chi connectivity index (χ1) is 8.15. The highest BCUT2D eigenvalue weighted by Gasteiger charge is 2.07. The van der Waals surface area contributed by atoms with E-state index in [1.165, 1.54) is 10.5 Å². The van der Waals surface area contributed by atoms with Crippen LogP contribution in [-0.4, -0.2) is 0 Å². The van der Waals surface area contributed by atoms with Crippen molar-refractivity contribution in [3.05, 3.63) is 58.6 Å². The highest BCUT2D eigenvalue weighted by molar-refractivity contribution is 9.10. The summed E-state index contributed by atoms with van der Waals surface area (Å²) in [4.78, 5) is 1.26. The molecule has 0 fully saturated rings. The monoisotopic (exact) mass is 307 g/mol. The van der Waals surface area contributed by atoms with E-state index in [2.05, 4.69) is 47.1 Å². The second-order valence-electron chi connectivity index (χ2n) is 3.89. The first-order valence-electron chi connectivity index (χ1n) is 5.43. The van der Waals surface area contributed by atoms with Gasteiger partial charge in [0.15, 0.2) is 0 Å². The maximum absolute atomic E-state index is 5.80. The van der Waals surface area contributed by atoms with E-state index in [9.17, 15) is 0 Å². The van der Waals surface area contributed by atoms with Crippen LogP contribution >= 0.6 is 27.7 Å². The first-order valence-corrected chi connectivity index (χ1v) is 7.10. The van der Waals surface area contributed by atoms with Gasteiger partial charge in [0.05, 0.1) is 0 Å². The summed E-state index contributed by atoms with van der Waals surface area (Å²) in [5.41, 5.74) is 7.88. The molecule has 0 aromatic heterocycles. The molecule has 0 aliphatic carbocycles. The Morgan fingerprint density at radius 3 is 2.59 bits per heavy atom. The SMILES string of the molecule is CC(Sc1cccc(Br)c1)c1cccc(N)c1. The summed E-state index contributed by atoms with van der Waals surface area (Å²) < 4.78 is 1.11. The van der Waals surface area contributed by atoms with Crippen LogP contribution in [0.3, 0.4) is 0 Å². The fraction of sp³-hybridized carbons (Fsp3) is 0.143. The lowest BCUT2D eigenvalue weighted by molar-refractivity contribution is 1.10. The van der Waals surface area contributed by atoms with Crippen molar-refractivity contribution in [2.75, 3.05) is 5.73 Å². The lowest BCUT2D eigenvalue weighted by Crippen LogP contribution is -1.91. The molecule has 0 aliphatic rings. The number of rotatable bonds is 3. The Balaban J connectivity index is 2.14. The van der Waals surface area contributed by atoms with E-state index in [-0.39, 0.29) is 0 Å². The molecule has 0 heterocycles. The maximum atomic E-state index is 5.80. The summed E-state index contributed by atoms with van der Waals surface area (Å²) in [6.07, 6.45) is 0. The van der Waals surface area contributed by atoms with Gasteiger partial charge in [-0.15, -0.1) is 11.8 Å². The van der Waals surface area contributed by atoms with Crippen molar-refractivity contribution < 1.29 is 0 Å². The van der Waals surface area contributed by atoms with Gasteiger partial charge in [-0.1, -0.05) is 34.1 Å². The molecular formula is C14H14BrNS. The molecule has 17 heavy (non-hydrogen) atoms. The number of hydrogen-bond donors (Lipinski definition) is 1. The smallest absolute Gasteiger partial charge is 0.0317 e. The molecule has 1 nitrogen and oxygen atoms in total. The van der Waals surface area contributed by atoms with E-state index in [1.807, 2.05) is 36.0 Å². The van der Waals surface area contributed by atoms with Gasteiger partial charge in [-0.2, -0.15) is 0 Å². The molecule has 2 N–H and O–H groups in total. The second-order valence-corrected chi connectivity index (χ2v) is 6.22. The van der Waals surface area contributed by atoms with E-state index in [0.29, 0.717) is 5.25 Å². The molecule has 2 aromatic rings. The van der Waals surface area contributed by atoms with Gasteiger partial charge in [-0.25, -0.2) is 0 Å². The highest BCUT2D eigenvalue weighted by Crippen LogP contribution is 2.36. The standard InChI is InChI=1S/C14H14BrNS/c1-10(11-4-2-6-13(16)8-11)17-14-7-3-5-12(15)9-14/h2-10H,16H2,1H3. The first kappa shape index (κ1) is 12.5. The third-order valence-electron chi connectivity index (χ3n) is 2.49. The van der Waals surface area contributed by atoms with E-state index < -0.39 is 0 Å². The van der Waals surface area contributed by atoms with Crippen molar-refractivity contribution in [1.82, 2.24) is 0 Å². The van der Waals surface area contributed by atoms with E-state index in [4.69, 9.17) is 5.73 Å². The maximum Gasteiger partial charge on any atom is 0.0317 e. The lowest BCUT2D eigenvalue weighted by atomic mass is 10.1. The van der Waals surface area contributed by atoms with Crippen LogP contribution in [0.5, 0.6) is 0 Å². The highest BCUT2D eigenvalue weighted by atomic mass is 79.9. The molecule has 3 heteroatoms. The summed E-state index contributed by atoms with van der Waals surface area (Å²) in [7, 11) is 0. The Kier molecular flexibility index (Phi) is 4.13. The number of nitrogen functional groups attached to an aromatic ring is 1. The van der Waals surface area contributed by atoms with Crippen LogP contribution in [0.4, 0.5) is 5.69 Å². The van der Waals surface area contributed by atoms with Crippen LogP contribution in [0.15, 0.2) is 57.9 Å². The molecule has 0 saturated heterocycles. The molecule has 0 bridgehead atoms. The number of nitrogens with two attached hydrogens (primary N) is 1. The normalized spacial score (nSPS) is 12.4. The van der Waals surface area contributed by atoms with Gasteiger partial charge in [0.1, 0.15) is 0 Å². The number of hydrogen-bond acceptors (Lipinski definition) is 2. The molecule has 0 radical (unpaired) electrons. The predicted molar refractivity (Wildman–Crippen MR) is 79.3 cm³/mol. The zero-order chi connectivity index (χ0) is 12.3. The molecule has 0 saturated carbocycles. The largest absolute Gasteiger partial charge is 0.399 e. The van der Waals surface area contributed by atoms with Crippen LogP contribution in [0.25, 0.3) is 0 Å². The number of halogens is 1. The molecule has 1 atom stereocenters. The molecule has 88 valence electrons. The van der Waals surface area contributed by atoms with Crippen molar-refractivity contribution >= 4 is 33.4 Å². The lowest BCUT2D eigenvalue weighted by Gasteiger charge is -2.12. The van der Waals surface area contributed by atoms with Crippen LogP contribution in [0, 0.1) is 0 Å². The molecular weight excluding hydrogens is 294 g/mol. The zero-order valence-electron chi connectivity index (χ0n) is 9.56. The molecule has 1 unspecified atom stereocenters. The van der Waals surface area contributed by atoms with E-state index in [1.54, 1.807) is 0 Å². The van der Waals surface area contributed by atoms with Crippen LogP contribution < -0.4 is 5.73 Å². The summed E-state index contributed by atoms with van der Waals surface area (Å²) in [6, 6.07) is 16.4. The molecule has 0 amide bonds. The van der Waals surface area contributed by atoms with Crippen LogP contribution in [0.1, 0.15) is 17.7 Å². The minimum absolute atomic E-state index is 0.396. The van der Waals surface area contributed by atoms with Crippen LogP contribution in [-0.2, 0) is 0 Å². The van der Waals surface area contributed by atoms with Gasteiger partial charge >= 0.3 is 0 Å². The minimum atomic E-state index is 0.396. The average molecular weight is 308 g/mol. The molecule has 0 spiro atoms. The number of thioether (sulfide) groups is 1. The van der Waals surface area contributed by atoms with E-state index in [0.717, 1.165) is 10.2 Å². The molecule has 2 rings (SSSR count). The van der Waals surface area contributed by atoms with Crippen molar-refractivity contribution in [3.63, 3.8) is 0 Å². The number of benzene rings is 2. The zero-order valence-corrected chi connectivity index (χ0v) is 12.0. The van der Waals surface area contributed by atoms with E-state index >= 15 is 0 Å². The Hall–Kier alpha value is -0.930. The summed E-state index contributed by atoms with van der Waals surface area (Å²) in [6.45, 7) is 2.19. The summed E-state index contributed by atoms with van der Waals surface area (Å²) in [5.74, 6) is 0. The van der Waals surface area contributed by atoms with Gasteiger partial charge in [0.25, 0.3) is 0 Å². The Labute approximate surface area is 115 Å². The minimum Gasteiger partial charge on any atom is -0.399 e. The van der Waals surface area contributed by atoms with Crippen molar-refractivity contribution in [2.24, 2.45) is 0 Å². The second kappa shape index (κ2) is 5.61. The Bertz CT molecular complexity index is 513. The molecule has 0 aliphatic heterocycles. The Morgan fingerprint density at radius 1 is 1.12 bits per heavy atom. The van der Waals surface area contributed by atoms with Crippen LogP contribution in [0.2, 0.25) is 0 Å². The third kappa shape index (κ3) is 3.51. The Morgan fingerprint density at radius 2 is 1.88 bits per heavy atom. The van der Waals surface area contributed by atoms with Crippen molar-refractivity contribution in [2.45, 2.75) is 17.1 Å². The predicted octanol–water partition coefficient (Wildman–Crippen LogP) is 4.88. The van der Waals surface area contributed by atoms with Crippen molar-refractivity contribution in [1.29, 1.82) is 0 Å².